The van der Waals surface area contributed by atoms with Crippen LogP contribution in [0.3, 0.4) is 0 Å². The summed E-state index contributed by atoms with van der Waals surface area (Å²) >= 11 is 6.03. The van der Waals surface area contributed by atoms with Crippen molar-refractivity contribution in [2.24, 2.45) is 0 Å². The molecular weight excluding hydrogens is 300 g/mol. The Kier molecular flexibility index (Phi) is 7.50. The third kappa shape index (κ3) is 6.21. The van der Waals surface area contributed by atoms with Crippen molar-refractivity contribution in [3.63, 3.8) is 0 Å². The number of unbranched alkanes of at least 4 members (excludes halogenated alkanes) is 1. The van der Waals surface area contributed by atoms with Gasteiger partial charge in [0.2, 0.25) is 10.0 Å². The fourth-order valence-electron chi connectivity index (χ4n) is 1.73. The number of H-pyrrole nitrogens is 1. The molecule has 0 aliphatic rings. The van der Waals surface area contributed by atoms with E-state index in [2.05, 4.69) is 26.9 Å². The molecule has 0 aromatic carbocycles. The maximum absolute atomic E-state index is 11.4. The van der Waals surface area contributed by atoms with Gasteiger partial charge in [0.25, 0.3) is 0 Å². The number of nitrogens with one attached hydrogen (secondary N) is 3. The first-order chi connectivity index (χ1) is 9.48. The van der Waals surface area contributed by atoms with Gasteiger partial charge in [-0.1, -0.05) is 31.9 Å². The summed E-state index contributed by atoms with van der Waals surface area (Å²) in [5.41, 5.74) is 0.804. The molecule has 0 saturated carbocycles. The van der Waals surface area contributed by atoms with Crippen LogP contribution in [0.25, 0.3) is 0 Å². The van der Waals surface area contributed by atoms with Crippen LogP contribution >= 0.6 is 11.6 Å². The molecule has 1 rings (SSSR count). The quantitative estimate of drug-likeness (QED) is 0.569. The van der Waals surface area contributed by atoms with Gasteiger partial charge in [-0.3, -0.25) is 0 Å². The molecule has 0 saturated heterocycles. The van der Waals surface area contributed by atoms with Crippen molar-refractivity contribution in [1.82, 2.24) is 20.0 Å². The van der Waals surface area contributed by atoms with E-state index in [1.807, 2.05) is 0 Å². The van der Waals surface area contributed by atoms with Crippen LogP contribution in [-0.4, -0.2) is 37.2 Å². The van der Waals surface area contributed by atoms with E-state index in [1.165, 1.54) is 0 Å². The van der Waals surface area contributed by atoms with Crippen LogP contribution < -0.4 is 10.0 Å². The van der Waals surface area contributed by atoms with E-state index in [4.69, 9.17) is 11.6 Å². The van der Waals surface area contributed by atoms with E-state index in [1.54, 1.807) is 6.92 Å². The van der Waals surface area contributed by atoms with E-state index in [0.29, 0.717) is 24.8 Å². The topological polar surface area (TPSA) is 86.9 Å². The zero-order valence-electron chi connectivity index (χ0n) is 12.0. The number of hydrogen-bond acceptors (Lipinski definition) is 4. The van der Waals surface area contributed by atoms with Crippen molar-refractivity contribution < 1.29 is 8.42 Å². The largest absolute Gasteiger partial charge is 0.344 e. The first-order valence-corrected chi connectivity index (χ1v) is 8.92. The molecule has 0 unspecified atom stereocenters. The predicted molar refractivity (Wildman–Crippen MR) is 81.4 cm³/mol. The van der Waals surface area contributed by atoms with Crippen LogP contribution in [0.2, 0.25) is 5.15 Å². The third-order valence-electron chi connectivity index (χ3n) is 2.76. The van der Waals surface area contributed by atoms with E-state index in [9.17, 15) is 8.42 Å². The molecular formula is C12H23ClN4O2S. The standard InChI is InChI=1S/C12H23ClN4O2S/c1-3-5-6-11-16-10(12(13)17-11)9-14-7-8-20(18,19)15-4-2/h14-15H,3-9H2,1-2H3,(H,16,17). The molecule has 116 valence electrons. The number of sulfonamides is 1. The molecule has 0 atom stereocenters. The second-order valence-corrected chi connectivity index (χ2v) is 6.83. The van der Waals surface area contributed by atoms with Gasteiger partial charge in [-0.25, -0.2) is 18.1 Å². The lowest BCUT2D eigenvalue weighted by Crippen LogP contribution is -2.31. The lowest BCUT2D eigenvalue weighted by atomic mass is 10.2. The molecule has 0 radical (unpaired) electrons. The third-order valence-corrected chi connectivity index (χ3v) is 4.54. The number of hydrogen-bond donors (Lipinski definition) is 3. The SMILES string of the molecule is CCCCc1nc(Cl)c(CNCCS(=O)(=O)NCC)[nH]1. The average molecular weight is 323 g/mol. The minimum absolute atomic E-state index is 0.0509. The summed E-state index contributed by atoms with van der Waals surface area (Å²) in [4.78, 5) is 7.41. The van der Waals surface area contributed by atoms with Crippen LogP contribution in [0.1, 0.15) is 38.2 Å². The number of aromatic amines is 1. The Bertz CT molecular complexity index is 502. The number of aromatic nitrogens is 2. The first-order valence-electron chi connectivity index (χ1n) is 6.89. The molecule has 20 heavy (non-hydrogen) atoms. The molecule has 6 nitrogen and oxygen atoms in total. The van der Waals surface area contributed by atoms with Gasteiger partial charge in [-0.2, -0.15) is 0 Å². The monoisotopic (exact) mass is 322 g/mol. The smallest absolute Gasteiger partial charge is 0.212 e. The molecule has 0 fully saturated rings. The van der Waals surface area contributed by atoms with Gasteiger partial charge in [0.15, 0.2) is 5.15 Å². The number of nitrogens with zero attached hydrogens (tertiary/aromatic N) is 1. The van der Waals surface area contributed by atoms with Crippen molar-refractivity contribution in [2.45, 2.75) is 39.7 Å². The van der Waals surface area contributed by atoms with Crippen molar-refractivity contribution in [2.75, 3.05) is 18.8 Å². The summed E-state index contributed by atoms with van der Waals surface area (Å²) in [6.07, 6.45) is 3.05. The van der Waals surface area contributed by atoms with Gasteiger partial charge in [-0.05, 0) is 6.42 Å². The number of imidazole rings is 1. The highest BCUT2D eigenvalue weighted by molar-refractivity contribution is 7.89. The maximum Gasteiger partial charge on any atom is 0.212 e. The van der Waals surface area contributed by atoms with E-state index in [-0.39, 0.29) is 5.75 Å². The number of halogens is 1. The molecule has 0 bridgehead atoms. The summed E-state index contributed by atoms with van der Waals surface area (Å²) in [6, 6.07) is 0. The first kappa shape index (κ1) is 17.4. The van der Waals surface area contributed by atoms with Gasteiger partial charge in [0, 0.05) is 26.1 Å². The van der Waals surface area contributed by atoms with Crippen molar-refractivity contribution >= 4 is 21.6 Å². The zero-order valence-corrected chi connectivity index (χ0v) is 13.6. The van der Waals surface area contributed by atoms with Crippen LogP contribution in [0.5, 0.6) is 0 Å². The zero-order chi connectivity index (χ0) is 15.0. The molecule has 0 amide bonds. The number of rotatable bonds is 10. The Balaban J connectivity index is 2.37. The minimum Gasteiger partial charge on any atom is -0.344 e. The minimum atomic E-state index is -3.17. The van der Waals surface area contributed by atoms with Crippen molar-refractivity contribution in [1.29, 1.82) is 0 Å². The van der Waals surface area contributed by atoms with E-state index < -0.39 is 10.0 Å². The summed E-state index contributed by atoms with van der Waals surface area (Å²) in [5, 5.41) is 3.51. The highest BCUT2D eigenvalue weighted by Crippen LogP contribution is 2.13. The molecule has 1 aromatic rings. The summed E-state index contributed by atoms with van der Waals surface area (Å²) < 4.78 is 25.3. The van der Waals surface area contributed by atoms with Gasteiger partial charge >= 0.3 is 0 Å². The van der Waals surface area contributed by atoms with Crippen LogP contribution in [0, 0.1) is 0 Å². The van der Waals surface area contributed by atoms with Crippen molar-refractivity contribution in [3.8, 4) is 0 Å². The molecule has 1 heterocycles. The molecule has 1 aromatic heterocycles. The van der Waals surface area contributed by atoms with Crippen LogP contribution in [0.15, 0.2) is 0 Å². The van der Waals surface area contributed by atoms with Crippen LogP contribution in [-0.2, 0) is 23.0 Å². The summed E-state index contributed by atoms with van der Waals surface area (Å²) in [5.74, 6) is 0.934. The lowest BCUT2D eigenvalue weighted by Gasteiger charge is -2.05. The Morgan fingerprint density at radius 2 is 2.10 bits per heavy atom. The fraction of sp³-hybridized carbons (Fsp3) is 0.750. The van der Waals surface area contributed by atoms with Crippen LogP contribution in [0.4, 0.5) is 0 Å². The van der Waals surface area contributed by atoms with Crippen molar-refractivity contribution in [3.05, 3.63) is 16.7 Å². The Morgan fingerprint density at radius 3 is 2.75 bits per heavy atom. The van der Waals surface area contributed by atoms with E-state index in [0.717, 1.165) is 30.8 Å². The lowest BCUT2D eigenvalue weighted by molar-refractivity contribution is 0.578. The Labute approximate surface area is 125 Å². The molecule has 3 N–H and O–H groups in total. The average Bonchev–Trinajstić information content (AvgIpc) is 2.73. The summed E-state index contributed by atoms with van der Waals surface area (Å²) in [7, 11) is -3.17. The van der Waals surface area contributed by atoms with Gasteiger partial charge in [0.05, 0.1) is 11.4 Å². The molecule has 0 aliphatic carbocycles. The summed E-state index contributed by atoms with van der Waals surface area (Å²) in [6.45, 7) is 5.15. The highest BCUT2D eigenvalue weighted by atomic mass is 35.5. The van der Waals surface area contributed by atoms with Gasteiger partial charge < -0.3 is 10.3 Å². The highest BCUT2D eigenvalue weighted by Gasteiger charge is 2.10. The number of aryl methyl sites for hydroxylation is 1. The normalized spacial score (nSPS) is 11.9. The Morgan fingerprint density at radius 1 is 1.35 bits per heavy atom. The second kappa shape index (κ2) is 8.61. The Hall–Kier alpha value is -0.630. The van der Waals surface area contributed by atoms with E-state index >= 15 is 0 Å². The van der Waals surface area contributed by atoms with Gasteiger partial charge in [0.1, 0.15) is 5.82 Å². The molecule has 0 aliphatic heterocycles. The van der Waals surface area contributed by atoms with Gasteiger partial charge in [-0.15, -0.1) is 0 Å². The maximum atomic E-state index is 11.4. The molecule has 8 heteroatoms. The second-order valence-electron chi connectivity index (χ2n) is 4.55. The predicted octanol–water partition coefficient (Wildman–Crippen LogP) is 1.43. The molecule has 0 spiro atoms. The fourth-order valence-corrected chi connectivity index (χ4v) is 2.94.